The zero-order valence-electron chi connectivity index (χ0n) is 16.7. The van der Waals surface area contributed by atoms with E-state index in [0.717, 1.165) is 5.56 Å². The zero-order chi connectivity index (χ0) is 21.8. The topological polar surface area (TPSA) is 56.2 Å². The van der Waals surface area contributed by atoms with Gasteiger partial charge in [0.05, 0.1) is 11.9 Å². The fraction of sp³-hybridized carbons (Fsp3) is 0.0833. The highest BCUT2D eigenvalue weighted by molar-refractivity contribution is 6.04. The molecule has 5 nitrogen and oxygen atoms in total. The van der Waals surface area contributed by atoms with Crippen LogP contribution in [-0.4, -0.2) is 15.7 Å². The van der Waals surface area contributed by atoms with Crippen LogP contribution in [0.2, 0.25) is 0 Å². The molecule has 0 bridgehead atoms. The first-order chi connectivity index (χ1) is 15.0. The Hall–Kier alpha value is -4.00. The second-order valence-corrected chi connectivity index (χ2v) is 6.96. The van der Waals surface area contributed by atoms with Gasteiger partial charge in [-0.05, 0) is 54.4 Å². The van der Waals surface area contributed by atoms with E-state index in [1.165, 1.54) is 22.9 Å². The summed E-state index contributed by atoms with van der Waals surface area (Å²) in [7, 11) is 0. The van der Waals surface area contributed by atoms with Crippen molar-refractivity contribution in [3.8, 4) is 11.4 Å². The molecular weight excluding hydrogens is 400 g/mol. The Labute approximate surface area is 177 Å². The van der Waals surface area contributed by atoms with Gasteiger partial charge in [-0.2, -0.15) is 5.10 Å². The molecule has 0 radical (unpaired) electrons. The van der Waals surface area contributed by atoms with Gasteiger partial charge in [0.2, 0.25) is 0 Å². The number of carbonyl (C=O) groups excluding carboxylic acids is 1. The van der Waals surface area contributed by atoms with E-state index in [1.807, 2.05) is 30.3 Å². The molecule has 0 saturated carbocycles. The zero-order valence-corrected chi connectivity index (χ0v) is 16.7. The smallest absolute Gasteiger partial charge is 0.280 e. The number of carbonyl (C=O) groups is 1. The van der Waals surface area contributed by atoms with Gasteiger partial charge in [-0.1, -0.05) is 36.4 Å². The molecule has 1 heterocycles. The Balaban J connectivity index is 1.63. The lowest BCUT2D eigenvalue weighted by Gasteiger charge is -2.08. The maximum atomic E-state index is 13.9. The Morgan fingerprint density at radius 3 is 2.48 bits per heavy atom. The molecule has 1 N–H and O–H groups in total. The van der Waals surface area contributed by atoms with Crippen LogP contribution in [0, 0.1) is 18.6 Å². The summed E-state index contributed by atoms with van der Waals surface area (Å²) < 4.78 is 34.4. The van der Waals surface area contributed by atoms with Crippen LogP contribution in [0.4, 0.5) is 14.5 Å². The fourth-order valence-corrected chi connectivity index (χ4v) is 2.94. The summed E-state index contributed by atoms with van der Waals surface area (Å²) in [6, 6.07) is 19.6. The third-order valence-electron chi connectivity index (χ3n) is 4.65. The van der Waals surface area contributed by atoms with Crippen molar-refractivity contribution in [3.05, 3.63) is 107 Å². The minimum atomic E-state index is -0.549. The summed E-state index contributed by atoms with van der Waals surface area (Å²) in [5.74, 6) is -1.10. The van der Waals surface area contributed by atoms with Crippen LogP contribution in [0.25, 0.3) is 5.69 Å². The molecule has 0 unspecified atom stereocenters. The van der Waals surface area contributed by atoms with E-state index in [2.05, 4.69) is 10.4 Å². The van der Waals surface area contributed by atoms with Gasteiger partial charge in [-0.3, -0.25) is 4.79 Å². The predicted molar refractivity (Wildman–Crippen MR) is 113 cm³/mol. The second kappa shape index (κ2) is 8.79. The van der Waals surface area contributed by atoms with Gasteiger partial charge < -0.3 is 10.1 Å². The first-order valence-electron chi connectivity index (χ1n) is 9.59. The Bertz CT molecular complexity index is 1210. The number of hydrogen-bond acceptors (Lipinski definition) is 3. The predicted octanol–water partition coefficient (Wildman–Crippen LogP) is 5.29. The molecule has 4 aromatic rings. The number of nitrogens with one attached hydrogen (secondary N) is 1. The lowest BCUT2D eigenvalue weighted by atomic mass is 10.2. The second-order valence-electron chi connectivity index (χ2n) is 6.96. The molecule has 0 aliphatic carbocycles. The van der Waals surface area contributed by atoms with E-state index in [0.29, 0.717) is 16.9 Å². The molecule has 3 aromatic carbocycles. The van der Waals surface area contributed by atoms with E-state index >= 15 is 0 Å². The van der Waals surface area contributed by atoms with Crippen LogP contribution in [0.15, 0.2) is 79.0 Å². The van der Waals surface area contributed by atoms with Crippen molar-refractivity contribution >= 4 is 11.6 Å². The van der Waals surface area contributed by atoms with Gasteiger partial charge in [0.25, 0.3) is 5.91 Å². The molecule has 0 spiro atoms. The number of rotatable bonds is 6. The summed E-state index contributed by atoms with van der Waals surface area (Å²) in [4.78, 5) is 12.9. The summed E-state index contributed by atoms with van der Waals surface area (Å²) in [5.41, 5.74) is 2.29. The average Bonchev–Trinajstić information content (AvgIpc) is 3.20. The van der Waals surface area contributed by atoms with Crippen molar-refractivity contribution in [2.24, 2.45) is 0 Å². The van der Waals surface area contributed by atoms with Crippen molar-refractivity contribution in [1.29, 1.82) is 0 Å². The van der Waals surface area contributed by atoms with Gasteiger partial charge >= 0.3 is 0 Å². The van der Waals surface area contributed by atoms with Crippen molar-refractivity contribution < 1.29 is 18.3 Å². The summed E-state index contributed by atoms with van der Waals surface area (Å²) in [6.07, 6.45) is 1.56. The molecule has 1 amide bonds. The number of aromatic nitrogens is 2. The average molecular weight is 419 g/mol. The fourth-order valence-electron chi connectivity index (χ4n) is 2.94. The van der Waals surface area contributed by atoms with Crippen LogP contribution in [0.1, 0.15) is 21.6 Å². The maximum absolute atomic E-state index is 13.9. The van der Waals surface area contributed by atoms with Gasteiger partial charge in [-0.25, -0.2) is 13.5 Å². The van der Waals surface area contributed by atoms with Crippen molar-refractivity contribution in [2.75, 3.05) is 5.32 Å². The van der Waals surface area contributed by atoms with Crippen molar-refractivity contribution in [2.45, 2.75) is 13.5 Å². The third-order valence-corrected chi connectivity index (χ3v) is 4.65. The van der Waals surface area contributed by atoms with Gasteiger partial charge in [0, 0.05) is 5.69 Å². The molecule has 0 aliphatic heterocycles. The SMILES string of the molecule is Cc1ccc(NC(=O)c2nn(-c3ccc(F)cc3)cc2OCc2ccccc2)cc1F. The van der Waals surface area contributed by atoms with E-state index in [4.69, 9.17) is 4.74 Å². The van der Waals surface area contributed by atoms with E-state index in [9.17, 15) is 13.6 Å². The highest BCUT2D eigenvalue weighted by Gasteiger charge is 2.20. The molecule has 0 saturated heterocycles. The van der Waals surface area contributed by atoms with Crippen molar-refractivity contribution in [3.63, 3.8) is 0 Å². The third kappa shape index (κ3) is 4.78. The van der Waals surface area contributed by atoms with Crippen LogP contribution in [0.3, 0.4) is 0 Å². The molecule has 156 valence electrons. The number of nitrogens with zero attached hydrogens (tertiary/aromatic N) is 2. The lowest BCUT2D eigenvalue weighted by Crippen LogP contribution is -2.14. The van der Waals surface area contributed by atoms with E-state index in [-0.39, 0.29) is 23.9 Å². The quantitative estimate of drug-likeness (QED) is 0.462. The number of amides is 1. The monoisotopic (exact) mass is 419 g/mol. The molecule has 0 atom stereocenters. The Kier molecular flexibility index (Phi) is 5.75. The largest absolute Gasteiger partial charge is 0.485 e. The summed E-state index contributed by atoms with van der Waals surface area (Å²) >= 11 is 0. The minimum Gasteiger partial charge on any atom is -0.485 e. The van der Waals surface area contributed by atoms with Crippen LogP contribution < -0.4 is 10.1 Å². The van der Waals surface area contributed by atoms with Crippen LogP contribution >= 0.6 is 0 Å². The van der Waals surface area contributed by atoms with Gasteiger partial charge in [0.15, 0.2) is 11.4 Å². The standard InChI is InChI=1S/C24H19F2N3O2/c1-16-7-10-19(13-21(16)26)27-24(30)23-22(31-15-17-5-3-2-4-6-17)14-29(28-23)20-11-8-18(25)9-12-20/h2-14H,15H2,1H3,(H,27,30). The molecule has 0 aliphatic rings. The highest BCUT2D eigenvalue weighted by atomic mass is 19.1. The molecule has 31 heavy (non-hydrogen) atoms. The summed E-state index contributed by atoms with van der Waals surface area (Å²) in [6.45, 7) is 1.87. The number of aryl methyl sites for hydroxylation is 1. The normalized spacial score (nSPS) is 10.7. The summed E-state index contributed by atoms with van der Waals surface area (Å²) in [5, 5.41) is 6.97. The number of halogens is 2. The van der Waals surface area contributed by atoms with E-state index < -0.39 is 11.7 Å². The molecule has 4 rings (SSSR count). The van der Waals surface area contributed by atoms with Gasteiger partial charge in [0.1, 0.15) is 18.2 Å². The number of ether oxygens (including phenoxy) is 1. The Morgan fingerprint density at radius 1 is 1.03 bits per heavy atom. The first-order valence-corrected chi connectivity index (χ1v) is 9.59. The maximum Gasteiger partial charge on any atom is 0.280 e. The number of hydrogen-bond donors (Lipinski definition) is 1. The highest BCUT2D eigenvalue weighted by Crippen LogP contribution is 2.23. The molecule has 0 fully saturated rings. The molecule has 1 aromatic heterocycles. The van der Waals surface area contributed by atoms with Crippen LogP contribution in [-0.2, 0) is 6.61 Å². The van der Waals surface area contributed by atoms with Gasteiger partial charge in [-0.15, -0.1) is 0 Å². The first kappa shape index (κ1) is 20.3. The molecule has 7 heteroatoms. The van der Waals surface area contributed by atoms with Crippen LogP contribution in [0.5, 0.6) is 5.75 Å². The number of anilines is 1. The minimum absolute atomic E-state index is 0.0289. The number of benzene rings is 3. The Morgan fingerprint density at radius 2 is 1.77 bits per heavy atom. The lowest BCUT2D eigenvalue weighted by molar-refractivity contribution is 0.101. The van der Waals surface area contributed by atoms with E-state index in [1.54, 1.807) is 37.4 Å². The molecular formula is C24H19F2N3O2. The van der Waals surface area contributed by atoms with Crippen molar-refractivity contribution in [1.82, 2.24) is 9.78 Å².